The molecule has 0 aliphatic rings. The molecule has 4 heteroatoms. The van der Waals surface area contributed by atoms with Gasteiger partial charge in [-0.2, -0.15) is 0 Å². The van der Waals surface area contributed by atoms with E-state index in [4.69, 9.17) is 4.42 Å². The predicted octanol–water partition coefficient (Wildman–Crippen LogP) is 4.91. The van der Waals surface area contributed by atoms with Crippen LogP contribution in [-0.2, 0) is 6.42 Å². The molecule has 0 aliphatic heterocycles. The molecule has 0 amide bonds. The Bertz CT molecular complexity index is 563. The summed E-state index contributed by atoms with van der Waals surface area (Å²) >= 11 is 3.41. The van der Waals surface area contributed by atoms with Gasteiger partial charge in [-0.15, -0.1) is 0 Å². The van der Waals surface area contributed by atoms with Gasteiger partial charge >= 0.3 is 0 Å². The Labute approximate surface area is 113 Å². The summed E-state index contributed by atoms with van der Waals surface area (Å²) < 4.78 is 32.7. The molecule has 1 heterocycles. The van der Waals surface area contributed by atoms with Crippen molar-refractivity contribution in [2.24, 2.45) is 0 Å². The Morgan fingerprint density at radius 1 is 1.22 bits per heavy atom. The zero-order valence-corrected chi connectivity index (χ0v) is 11.7. The van der Waals surface area contributed by atoms with Crippen molar-refractivity contribution >= 4 is 15.9 Å². The molecular formula is C14H13BrF2O. The van der Waals surface area contributed by atoms with Crippen LogP contribution in [-0.4, -0.2) is 0 Å². The van der Waals surface area contributed by atoms with Crippen LogP contribution in [0.15, 0.2) is 28.9 Å². The molecule has 0 radical (unpaired) electrons. The van der Waals surface area contributed by atoms with Gasteiger partial charge < -0.3 is 4.42 Å². The summed E-state index contributed by atoms with van der Waals surface area (Å²) in [5.41, 5.74) is 1.42. The number of furan rings is 1. The first-order valence-corrected chi connectivity index (χ1v) is 6.62. The van der Waals surface area contributed by atoms with Crippen molar-refractivity contribution in [3.63, 3.8) is 0 Å². The molecule has 0 saturated carbocycles. The quantitative estimate of drug-likeness (QED) is 0.733. The summed E-state index contributed by atoms with van der Waals surface area (Å²) in [6.45, 7) is 3.49. The maximum atomic E-state index is 13.9. The third-order valence-corrected chi connectivity index (χ3v) is 3.91. The highest BCUT2D eigenvalue weighted by atomic mass is 79.9. The van der Waals surface area contributed by atoms with Gasteiger partial charge in [-0.1, -0.05) is 22.9 Å². The standard InChI is InChI=1S/C14H13BrF2O/c1-3-13-9(4-5-18-13)14(15)10-7-11(16)8(2)6-12(10)17/h4-7,14H,3H2,1-2H3. The molecular weight excluding hydrogens is 302 g/mol. The molecule has 1 aromatic heterocycles. The van der Waals surface area contributed by atoms with Crippen LogP contribution in [0.25, 0.3) is 0 Å². The van der Waals surface area contributed by atoms with Gasteiger partial charge in [-0.25, -0.2) is 8.78 Å². The first-order chi connectivity index (χ1) is 8.54. The number of rotatable bonds is 3. The van der Waals surface area contributed by atoms with Crippen molar-refractivity contribution in [1.29, 1.82) is 0 Å². The average molecular weight is 315 g/mol. The second kappa shape index (κ2) is 5.22. The van der Waals surface area contributed by atoms with Crippen molar-refractivity contribution in [2.45, 2.75) is 25.1 Å². The van der Waals surface area contributed by atoms with E-state index in [2.05, 4.69) is 15.9 Å². The summed E-state index contributed by atoms with van der Waals surface area (Å²) in [6, 6.07) is 4.22. The van der Waals surface area contributed by atoms with Crippen molar-refractivity contribution in [3.8, 4) is 0 Å². The molecule has 1 atom stereocenters. The summed E-state index contributed by atoms with van der Waals surface area (Å²) in [6.07, 6.45) is 2.27. The summed E-state index contributed by atoms with van der Waals surface area (Å²) in [5, 5.41) is 0. The number of alkyl halides is 1. The molecule has 0 N–H and O–H groups in total. The van der Waals surface area contributed by atoms with E-state index in [1.54, 1.807) is 19.3 Å². The number of aryl methyl sites for hydroxylation is 2. The van der Waals surface area contributed by atoms with E-state index in [0.717, 1.165) is 11.3 Å². The minimum atomic E-state index is -0.418. The fourth-order valence-corrected chi connectivity index (χ4v) is 2.65. The van der Waals surface area contributed by atoms with E-state index in [1.807, 2.05) is 6.92 Å². The molecule has 1 nitrogen and oxygen atoms in total. The van der Waals surface area contributed by atoms with Gasteiger partial charge in [0, 0.05) is 17.5 Å². The second-order valence-corrected chi connectivity index (χ2v) is 5.05. The molecule has 0 aliphatic carbocycles. The van der Waals surface area contributed by atoms with Crippen LogP contribution in [0.3, 0.4) is 0 Å². The van der Waals surface area contributed by atoms with Gasteiger partial charge in [0.25, 0.3) is 0 Å². The van der Waals surface area contributed by atoms with E-state index in [9.17, 15) is 8.78 Å². The number of hydrogen-bond donors (Lipinski definition) is 0. The first-order valence-electron chi connectivity index (χ1n) is 5.70. The highest BCUT2D eigenvalue weighted by Gasteiger charge is 2.20. The Balaban J connectivity index is 2.46. The first kappa shape index (κ1) is 13.3. The van der Waals surface area contributed by atoms with E-state index < -0.39 is 16.5 Å². The van der Waals surface area contributed by atoms with Gasteiger partial charge in [-0.05, 0) is 30.7 Å². The van der Waals surface area contributed by atoms with E-state index >= 15 is 0 Å². The van der Waals surface area contributed by atoms with E-state index in [-0.39, 0.29) is 5.56 Å². The molecule has 0 fully saturated rings. The maximum absolute atomic E-state index is 13.9. The van der Waals surface area contributed by atoms with Crippen LogP contribution >= 0.6 is 15.9 Å². The van der Waals surface area contributed by atoms with Crippen LogP contribution in [0.2, 0.25) is 0 Å². The Morgan fingerprint density at radius 3 is 2.61 bits per heavy atom. The van der Waals surface area contributed by atoms with Gasteiger partial charge in [-0.3, -0.25) is 0 Å². The summed E-state index contributed by atoms with van der Waals surface area (Å²) in [5.74, 6) is -0.0475. The highest BCUT2D eigenvalue weighted by molar-refractivity contribution is 9.09. The molecule has 96 valence electrons. The van der Waals surface area contributed by atoms with Gasteiger partial charge in [0.1, 0.15) is 17.4 Å². The van der Waals surface area contributed by atoms with Crippen LogP contribution in [0.1, 0.15) is 34.2 Å². The number of halogens is 3. The number of benzene rings is 1. The van der Waals surface area contributed by atoms with Gasteiger partial charge in [0.2, 0.25) is 0 Å². The average Bonchev–Trinajstić information content (AvgIpc) is 2.81. The molecule has 1 unspecified atom stereocenters. The van der Waals surface area contributed by atoms with E-state index in [0.29, 0.717) is 12.0 Å². The molecule has 2 rings (SSSR count). The summed E-state index contributed by atoms with van der Waals surface area (Å²) in [7, 11) is 0. The SMILES string of the molecule is CCc1occc1C(Br)c1cc(F)c(C)cc1F. The third-order valence-electron chi connectivity index (χ3n) is 2.93. The van der Waals surface area contributed by atoms with Crippen LogP contribution in [0, 0.1) is 18.6 Å². The summed E-state index contributed by atoms with van der Waals surface area (Å²) in [4.78, 5) is -0.402. The minimum Gasteiger partial charge on any atom is -0.469 e. The fourth-order valence-electron chi connectivity index (χ4n) is 1.89. The maximum Gasteiger partial charge on any atom is 0.128 e. The lowest BCUT2D eigenvalue weighted by Crippen LogP contribution is -2.00. The molecule has 0 spiro atoms. The van der Waals surface area contributed by atoms with E-state index in [1.165, 1.54) is 12.1 Å². The van der Waals surface area contributed by atoms with Crippen molar-refractivity contribution in [3.05, 3.63) is 58.5 Å². The van der Waals surface area contributed by atoms with Crippen LogP contribution in [0.4, 0.5) is 8.78 Å². The monoisotopic (exact) mass is 314 g/mol. The van der Waals surface area contributed by atoms with Crippen LogP contribution in [0.5, 0.6) is 0 Å². The lowest BCUT2D eigenvalue weighted by molar-refractivity contribution is 0.511. The van der Waals surface area contributed by atoms with Crippen LogP contribution < -0.4 is 0 Å². The Hall–Kier alpha value is -1.16. The Morgan fingerprint density at radius 2 is 1.94 bits per heavy atom. The van der Waals surface area contributed by atoms with Crippen molar-refractivity contribution in [1.82, 2.24) is 0 Å². The lowest BCUT2D eigenvalue weighted by Gasteiger charge is -2.12. The molecule has 18 heavy (non-hydrogen) atoms. The smallest absolute Gasteiger partial charge is 0.128 e. The number of hydrogen-bond acceptors (Lipinski definition) is 1. The molecule has 2 aromatic rings. The highest BCUT2D eigenvalue weighted by Crippen LogP contribution is 2.36. The second-order valence-electron chi connectivity index (χ2n) is 4.14. The fraction of sp³-hybridized carbons (Fsp3) is 0.286. The largest absolute Gasteiger partial charge is 0.469 e. The zero-order chi connectivity index (χ0) is 13.3. The normalized spacial score (nSPS) is 12.7. The van der Waals surface area contributed by atoms with Crippen molar-refractivity contribution < 1.29 is 13.2 Å². The van der Waals surface area contributed by atoms with Gasteiger partial charge in [0.15, 0.2) is 0 Å². The predicted molar refractivity (Wildman–Crippen MR) is 70.0 cm³/mol. The lowest BCUT2D eigenvalue weighted by atomic mass is 10.0. The Kier molecular flexibility index (Phi) is 3.85. The molecule has 0 bridgehead atoms. The zero-order valence-electron chi connectivity index (χ0n) is 10.1. The van der Waals surface area contributed by atoms with Gasteiger partial charge in [0.05, 0.1) is 11.1 Å². The topological polar surface area (TPSA) is 13.1 Å². The molecule has 0 saturated heterocycles. The molecule has 1 aromatic carbocycles. The minimum absolute atomic E-state index is 0.286. The van der Waals surface area contributed by atoms with Crippen molar-refractivity contribution in [2.75, 3.05) is 0 Å². The third kappa shape index (κ3) is 2.34.